The number of nitrogens with one attached hydrogen (secondary N) is 2. The Morgan fingerprint density at radius 3 is 2.52 bits per heavy atom. The predicted octanol–water partition coefficient (Wildman–Crippen LogP) is 2.64. The van der Waals surface area contributed by atoms with Gasteiger partial charge in [0.05, 0.1) is 6.54 Å². The number of hydrogen-bond donors (Lipinski definition) is 2. The maximum atomic E-state index is 11.6. The molecular weight excluding hydrogens is 268 g/mol. The van der Waals surface area contributed by atoms with E-state index in [1.165, 1.54) is 0 Å². The summed E-state index contributed by atoms with van der Waals surface area (Å²) in [6.07, 6.45) is 4.64. The molecule has 0 fully saturated rings. The number of carbonyl (C=O) groups is 1. The Hall–Kier alpha value is -2.19. The SMILES string of the molecule is C#CCNCCOc1ccc(NC(=O)OC(C)(C)C)cc1. The zero-order valence-corrected chi connectivity index (χ0v) is 12.7. The summed E-state index contributed by atoms with van der Waals surface area (Å²) in [4.78, 5) is 11.6. The number of carbonyl (C=O) groups excluding carboxylic acids is 1. The Balaban J connectivity index is 2.37. The standard InChI is InChI=1S/C16H22N2O3/c1-5-10-17-11-12-20-14-8-6-13(7-9-14)18-15(19)21-16(2,3)4/h1,6-9,17H,10-12H2,2-4H3,(H,18,19). The highest BCUT2D eigenvalue weighted by atomic mass is 16.6. The lowest BCUT2D eigenvalue weighted by Crippen LogP contribution is -2.27. The fraction of sp³-hybridized carbons (Fsp3) is 0.438. The molecule has 0 spiro atoms. The van der Waals surface area contributed by atoms with E-state index in [9.17, 15) is 4.79 Å². The molecule has 0 aromatic heterocycles. The van der Waals surface area contributed by atoms with Crippen LogP contribution in [0.25, 0.3) is 0 Å². The predicted molar refractivity (Wildman–Crippen MR) is 83.5 cm³/mol. The van der Waals surface area contributed by atoms with Crippen LogP contribution in [0.5, 0.6) is 5.75 Å². The van der Waals surface area contributed by atoms with Gasteiger partial charge < -0.3 is 14.8 Å². The molecule has 1 aromatic carbocycles. The topological polar surface area (TPSA) is 59.6 Å². The Morgan fingerprint density at radius 2 is 1.95 bits per heavy atom. The summed E-state index contributed by atoms with van der Waals surface area (Å²) >= 11 is 0. The van der Waals surface area contributed by atoms with Gasteiger partial charge in [0.1, 0.15) is 18.0 Å². The van der Waals surface area contributed by atoms with E-state index in [1.54, 1.807) is 24.3 Å². The lowest BCUT2D eigenvalue weighted by atomic mass is 10.2. The summed E-state index contributed by atoms with van der Waals surface area (Å²) < 4.78 is 10.7. The molecule has 1 rings (SSSR count). The Kier molecular flexibility index (Phi) is 6.57. The van der Waals surface area contributed by atoms with Gasteiger partial charge in [0.15, 0.2) is 0 Å². The summed E-state index contributed by atoms with van der Waals surface area (Å²) in [7, 11) is 0. The summed E-state index contributed by atoms with van der Waals surface area (Å²) in [5.41, 5.74) is 0.139. The van der Waals surface area contributed by atoms with Gasteiger partial charge >= 0.3 is 6.09 Å². The molecular formula is C16H22N2O3. The molecule has 5 nitrogen and oxygen atoms in total. The Labute approximate surface area is 126 Å². The summed E-state index contributed by atoms with van der Waals surface area (Å²) in [6.45, 7) is 7.19. The Bertz CT molecular complexity index is 484. The second-order valence-corrected chi connectivity index (χ2v) is 5.38. The van der Waals surface area contributed by atoms with Crippen molar-refractivity contribution >= 4 is 11.8 Å². The van der Waals surface area contributed by atoms with E-state index in [0.29, 0.717) is 25.4 Å². The normalized spacial score (nSPS) is 10.6. The second kappa shape index (κ2) is 8.18. The number of amides is 1. The van der Waals surface area contributed by atoms with Crippen molar-refractivity contribution in [1.82, 2.24) is 5.32 Å². The lowest BCUT2D eigenvalue weighted by Gasteiger charge is -2.19. The number of hydrogen-bond acceptors (Lipinski definition) is 4. The molecule has 0 unspecified atom stereocenters. The van der Waals surface area contributed by atoms with Gasteiger partial charge in [-0.2, -0.15) is 0 Å². The van der Waals surface area contributed by atoms with Gasteiger partial charge in [-0.15, -0.1) is 6.42 Å². The van der Waals surface area contributed by atoms with E-state index in [2.05, 4.69) is 16.6 Å². The fourth-order valence-corrected chi connectivity index (χ4v) is 1.46. The first kappa shape index (κ1) is 16.9. The molecule has 0 saturated carbocycles. The maximum Gasteiger partial charge on any atom is 0.412 e. The van der Waals surface area contributed by atoms with Crippen LogP contribution in [0.3, 0.4) is 0 Å². The molecule has 0 aliphatic heterocycles. The summed E-state index contributed by atoms with van der Waals surface area (Å²) in [5, 5.41) is 5.69. The van der Waals surface area contributed by atoms with Gasteiger partial charge in [-0.3, -0.25) is 5.32 Å². The van der Waals surface area contributed by atoms with Crippen LogP contribution in [-0.4, -0.2) is 31.4 Å². The van der Waals surface area contributed by atoms with E-state index in [4.69, 9.17) is 15.9 Å². The fourth-order valence-electron chi connectivity index (χ4n) is 1.46. The molecule has 0 radical (unpaired) electrons. The van der Waals surface area contributed by atoms with E-state index in [0.717, 1.165) is 5.75 Å². The van der Waals surface area contributed by atoms with Crippen LogP contribution in [-0.2, 0) is 4.74 Å². The van der Waals surface area contributed by atoms with E-state index in [1.807, 2.05) is 20.8 Å². The largest absolute Gasteiger partial charge is 0.492 e. The van der Waals surface area contributed by atoms with Crippen molar-refractivity contribution in [3.63, 3.8) is 0 Å². The van der Waals surface area contributed by atoms with E-state index >= 15 is 0 Å². The van der Waals surface area contributed by atoms with Gasteiger partial charge in [0, 0.05) is 12.2 Å². The van der Waals surface area contributed by atoms with Crippen molar-refractivity contribution in [2.24, 2.45) is 0 Å². The van der Waals surface area contributed by atoms with Crippen LogP contribution in [0.2, 0.25) is 0 Å². The number of anilines is 1. The minimum absolute atomic E-state index is 0.477. The smallest absolute Gasteiger partial charge is 0.412 e. The highest BCUT2D eigenvalue weighted by Gasteiger charge is 2.15. The maximum absolute atomic E-state index is 11.6. The quantitative estimate of drug-likeness (QED) is 0.624. The molecule has 0 saturated heterocycles. The van der Waals surface area contributed by atoms with E-state index < -0.39 is 11.7 Å². The van der Waals surface area contributed by atoms with Crippen LogP contribution in [0.4, 0.5) is 10.5 Å². The molecule has 0 aliphatic carbocycles. The third kappa shape index (κ3) is 7.85. The average Bonchev–Trinajstić information content (AvgIpc) is 2.38. The number of benzene rings is 1. The highest BCUT2D eigenvalue weighted by Crippen LogP contribution is 2.16. The molecule has 114 valence electrons. The zero-order valence-electron chi connectivity index (χ0n) is 12.7. The first-order valence-corrected chi connectivity index (χ1v) is 6.78. The van der Waals surface area contributed by atoms with Crippen molar-refractivity contribution in [2.45, 2.75) is 26.4 Å². The Morgan fingerprint density at radius 1 is 1.29 bits per heavy atom. The highest BCUT2D eigenvalue weighted by molar-refractivity contribution is 5.84. The molecule has 21 heavy (non-hydrogen) atoms. The number of rotatable bonds is 6. The minimum atomic E-state index is -0.515. The summed E-state index contributed by atoms with van der Waals surface area (Å²) in [5.74, 6) is 3.22. The molecule has 0 atom stereocenters. The molecule has 2 N–H and O–H groups in total. The second-order valence-electron chi connectivity index (χ2n) is 5.38. The third-order valence-corrected chi connectivity index (χ3v) is 2.27. The van der Waals surface area contributed by atoms with Crippen molar-refractivity contribution in [3.8, 4) is 18.1 Å². The van der Waals surface area contributed by atoms with Crippen LogP contribution >= 0.6 is 0 Å². The molecule has 1 amide bonds. The first-order chi connectivity index (χ1) is 9.90. The zero-order chi connectivity index (χ0) is 15.7. The molecule has 1 aromatic rings. The van der Waals surface area contributed by atoms with Crippen LogP contribution in [0.1, 0.15) is 20.8 Å². The van der Waals surface area contributed by atoms with Crippen molar-refractivity contribution in [2.75, 3.05) is 25.0 Å². The molecule has 0 aliphatic rings. The average molecular weight is 290 g/mol. The van der Waals surface area contributed by atoms with E-state index in [-0.39, 0.29) is 0 Å². The molecule has 5 heteroatoms. The van der Waals surface area contributed by atoms with Crippen molar-refractivity contribution in [3.05, 3.63) is 24.3 Å². The first-order valence-electron chi connectivity index (χ1n) is 6.78. The lowest BCUT2D eigenvalue weighted by molar-refractivity contribution is 0.0636. The van der Waals surface area contributed by atoms with Gasteiger partial charge in [-0.05, 0) is 45.0 Å². The number of ether oxygens (including phenoxy) is 2. The monoisotopic (exact) mass is 290 g/mol. The number of terminal acetylenes is 1. The van der Waals surface area contributed by atoms with Gasteiger partial charge in [-0.1, -0.05) is 5.92 Å². The summed E-state index contributed by atoms with van der Waals surface area (Å²) in [6, 6.07) is 7.09. The van der Waals surface area contributed by atoms with Crippen molar-refractivity contribution in [1.29, 1.82) is 0 Å². The third-order valence-electron chi connectivity index (χ3n) is 2.27. The molecule has 0 bridgehead atoms. The molecule has 0 heterocycles. The van der Waals surface area contributed by atoms with Crippen LogP contribution in [0, 0.1) is 12.3 Å². The van der Waals surface area contributed by atoms with Crippen LogP contribution < -0.4 is 15.4 Å². The van der Waals surface area contributed by atoms with Gasteiger partial charge in [-0.25, -0.2) is 4.79 Å². The van der Waals surface area contributed by atoms with Crippen molar-refractivity contribution < 1.29 is 14.3 Å². The van der Waals surface area contributed by atoms with Gasteiger partial charge in [0.2, 0.25) is 0 Å². The van der Waals surface area contributed by atoms with Gasteiger partial charge in [0.25, 0.3) is 0 Å². The minimum Gasteiger partial charge on any atom is -0.492 e. The van der Waals surface area contributed by atoms with Crippen LogP contribution in [0.15, 0.2) is 24.3 Å².